The highest BCUT2D eigenvalue weighted by Crippen LogP contribution is 2.24. The maximum absolute atomic E-state index is 12.8. The van der Waals surface area contributed by atoms with Gasteiger partial charge in [-0.3, -0.25) is 4.79 Å². The van der Waals surface area contributed by atoms with Crippen molar-refractivity contribution in [1.82, 2.24) is 9.97 Å². The summed E-state index contributed by atoms with van der Waals surface area (Å²) in [5, 5.41) is 2.92. The van der Waals surface area contributed by atoms with Gasteiger partial charge in [-0.2, -0.15) is 0 Å². The molecular weight excluding hydrogens is 326 g/mol. The van der Waals surface area contributed by atoms with E-state index in [2.05, 4.69) is 15.3 Å². The number of nitrogens with zero attached hydrogens (tertiary/aromatic N) is 2. The Hall–Kier alpha value is -2.95. The molecule has 5 nitrogen and oxygen atoms in total. The molecule has 0 aliphatic heterocycles. The number of fused-ring (bicyclic) bond motifs is 1. The van der Waals surface area contributed by atoms with E-state index >= 15 is 0 Å². The number of benzene rings is 2. The van der Waals surface area contributed by atoms with E-state index in [4.69, 9.17) is 4.74 Å². The predicted octanol–water partition coefficient (Wildman–Crippen LogP) is 4.51. The normalized spacial score (nSPS) is 10.8. The van der Waals surface area contributed by atoms with Crippen LogP contribution in [0.5, 0.6) is 5.88 Å². The minimum Gasteiger partial charge on any atom is -0.476 e. The highest BCUT2D eigenvalue weighted by Gasteiger charge is 2.19. The van der Waals surface area contributed by atoms with Crippen molar-refractivity contribution < 1.29 is 9.53 Å². The molecule has 134 valence electrons. The number of ether oxygens (including phenoxy) is 1. The first-order valence-corrected chi connectivity index (χ1v) is 8.69. The molecular formula is C21H23N3O2. The molecule has 1 amide bonds. The third-order valence-electron chi connectivity index (χ3n) is 4.37. The van der Waals surface area contributed by atoms with Gasteiger partial charge in [0.1, 0.15) is 0 Å². The maximum Gasteiger partial charge on any atom is 0.279 e. The average molecular weight is 349 g/mol. The Morgan fingerprint density at radius 3 is 2.23 bits per heavy atom. The van der Waals surface area contributed by atoms with Crippen LogP contribution in [0.15, 0.2) is 30.3 Å². The zero-order valence-corrected chi connectivity index (χ0v) is 15.8. The monoisotopic (exact) mass is 349 g/mol. The number of carbonyl (C=O) groups is 1. The van der Waals surface area contributed by atoms with Crippen LogP contribution in [0, 0.1) is 27.7 Å². The number of hydrogen-bond acceptors (Lipinski definition) is 4. The number of hydrogen-bond donors (Lipinski definition) is 1. The van der Waals surface area contributed by atoms with Crippen LogP contribution in [0.4, 0.5) is 5.69 Å². The number of carbonyl (C=O) groups excluding carboxylic acids is 1. The lowest BCUT2D eigenvalue weighted by Crippen LogP contribution is -2.17. The van der Waals surface area contributed by atoms with E-state index in [9.17, 15) is 4.79 Å². The first-order valence-electron chi connectivity index (χ1n) is 8.69. The smallest absolute Gasteiger partial charge is 0.279 e. The number of aryl methyl sites for hydroxylation is 4. The SMILES string of the molecule is CCOc1nc2cc(C)c(C)cc2nc1C(=O)Nc1ccc(C)cc1C. The van der Waals surface area contributed by atoms with Gasteiger partial charge in [0, 0.05) is 5.69 Å². The molecule has 0 saturated carbocycles. The van der Waals surface area contributed by atoms with E-state index in [1.165, 1.54) is 0 Å². The topological polar surface area (TPSA) is 64.1 Å². The molecule has 0 bridgehead atoms. The van der Waals surface area contributed by atoms with Crippen molar-refractivity contribution in [3.63, 3.8) is 0 Å². The Kier molecular flexibility index (Phi) is 4.89. The Balaban J connectivity index is 2.04. The van der Waals surface area contributed by atoms with Crippen LogP contribution in [0.1, 0.15) is 39.7 Å². The number of anilines is 1. The summed E-state index contributed by atoms with van der Waals surface area (Å²) in [7, 11) is 0. The van der Waals surface area contributed by atoms with Gasteiger partial charge in [0.05, 0.1) is 17.6 Å². The van der Waals surface area contributed by atoms with Crippen LogP contribution in [-0.4, -0.2) is 22.5 Å². The molecule has 2 aromatic carbocycles. The zero-order valence-electron chi connectivity index (χ0n) is 15.8. The highest BCUT2D eigenvalue weighted by molar-refractivity contribution is 6.05. The summed E-state index contributed by atoms with van der Waals surface area (Å²) in [5.41, 5.74) is 6.73. The average Bonchev–Trinajstić information content (AvgIpc) is 2.58. The fraction of sp³-hybridized carbons (Fsp3) is 0.286. The molecule has 0 saturated heterocycles. The predicted molar refractivity (Wildman–Crippen MR) is 104 cm³/mol. The van der Waals surface area contributed by atoms with E-state index in [1.807, 2.05) is 65.0 Å². The third kappa shape index (κ3) is 3.52. The van der Waals surface area contributed by atoms with E-state index < -0.39 is 0 Å². The fourth-order valence-electron chi connectivity index (χ4n) is 2.82. The van der Waals surface area contributed by atoms with Crippen molar-refractivity contribution in [1.29, 1.82) is 0 Å². The van der Waals surface area contributed by atoms with E-state index in [1.54, 1.807) is 0 Å². The highest BCUT2D eigenvalue weighted by atomic mass is 16.5. The van der Waals surface area contributed by atoms with Gasteiger partial charge >= 0.3 is 0 Å². The Morgan fingerprint density at radius 1 is 0.962 bits per heavy atom. The second kappa shape index (κ2) is 7.12. The van der Waals surface area contributed by atoms with Gasteiger partial charge in [0.15, 0.2) is 5.69 Å². The summed E-state index contributed by atoms with van der Waals surface area (Å²) in [6.07, 6.45) is 0. The number of nitrogens with one attached hydrogen (secondary N) is 1. The van der Waals surface area contributed by atoms with Crippen molar-refractivity contribution in [2.45, 2.75) is 34.6 Å². The molecule has 0 atom stereocenters. The molecule has 0 radical (unpaired) electrons. The first kappa shape index (κ1) is 17.9. The number of rotatable bonds is 4. The summed E-state index contributed by atoms with van der Waals surface area (Å²) in [5.74, 6) is -0.0708. The van der Waals surface area contributed by atoms with Crippen molar-refractivity contribution in [3.8, 4) is 5.88 Å². The molecule has 26 heavy (non-hydrogen) atoms. The fourth-order valence-corrected chi connectivity index (χ4v) is 2.82. The van der Waals surface area contributed by atoms with Crippen molar-refractivity contribution in [2.24, 2.45) is 0 Å². The van der Waals surface area contributed by atoms with E-state index in [-0.39, 0.29) is 17.5 Å². The number of aromatic nitrogens is 2. The van der Waals surface area contributed by atoms with Gasteiger partial charge in [-0.15, -0.1) is 0 Å². The lowest BCUT2D eigenvalue weighted by Gasteiger charge is -2.13. The summed E-state index contributed by atoms with van der Waals surface area (Å²) in [4.78, 5) is 21.9. The van der Waals surface area contributed by atoms with Crippen LogP contribution in [0.25, 0.3) is 11.0 Å². The van der Waals surface area contributed by atoms with E-state index in [0.29, 0.717) is 12.1 Å². The Morgan fingerprint density at radius 2 is 1.62 bits per heavy atom. The third-order valence-corrected chi connectivity index (χ3v) is 4.37. The van der Waals surface area contributed by atoms with Crippen LogP contribution in [0.3, 0.4) is 0 Å². The van der Waals surface area contributed by atoms with Crippen LogP contribution in [0.2, 0.25) is 0 Å². The van der Waals surface area contributed by atoms with Crippen molar-refractivity contribution in [3.05, 3.63) is 58.3 Å². The molecule has 0 fully saturated rings. The zero-order chi connectivity index (χ0) is 18.8. The molecule has 0 unspecified atom stereocenters. The lowest BCUT2D eigenvalue weighted by atomic mass is 10.1. The molecule has 3 rings (SSSR count). The van der Waals surface area contributed by atoms with Crippen LogP contribution < -0.4 is 10.1 Å². The standard InChI is InChI=1S/C21H23N3O2/c1-6-26-21-19(20(25)23-16-8-7-12(2)9-15(16)5)22-17-10-13(3)14(4)11-18(17)24-21/h7-11H,6H2,1-5H3,(H,23,25). The molecule has 0 aliphatic rings. The summed E-state index contributed by atoms with van der Waals surface area (Å²) in [6, 6.07) is 9.79. The largest absolute Gasteiger partial charge is 0.476 e. The van der Waals surface area contributed by atoms with Crippen molar-refractivity contribution >= 4 is 22.6 Å². The van der Waals surface area contributed by atoms with Gasteiger partial charge in [-0.05, 0) is 69.5 Å². The minimum atomic E-state index is -0.326. The first-order chi connectivity index (χ1) is 12.4. The Labute approximate surface area is 153 Å². The molecule has 1 aromatic heterocycles. The minimum absolute atomic E-state index is 0.197. The van der Waals surface area contributed by atoms with Gasteiger partial charge < -0.3 is 10.1 Å². The quantitative estimate of drug-likeness (QED) is 0.752. The second-order valence-corrected chi connectivity index (χ2v) is 6.51. The molecule has 0 spiro atoms. The van der Waals surface area contributed by atoms with Gasteiger partial charge in [-0.25, -0.2) is 9.97 Å². The van der Waals surface area contributed by atoms with Gasteiger partial charge in [-0.1, -0.05) is 17.7 Å². The number of amides is 1. The van der Waals surface area contributed by atoms with E-state index in [0.717, 1.165) is 33.5 Å². The lowest BCUT2D eigenvalue weighted by molar-refractivity contribution is 0.101. The molecule has 3 aromatic rings. The summed E-state index contributed by atoms with van der Waals surface area (Å²) in [6.45, 7) is 10.3. The van der Waals surface area contributed by atoms with Crippen LogP contribution >= 0.6 is 0 Å². The maximum atomic E-state index is 12.8. The second-order valence-electron chi connectivity index (χ2n) is 6.51. The summed E-state index contributed by atoms with van der Waals surface area (Å²) < 4.78 is 5.59. The van der Waals surface area contributed by atoms with Gasteiger partial charge in [0.25, 0.3) is 5.91 Å². The molecule has 1 N–H and O–H groups in total. The van der Waals surface area contributed by atoms with Crippen LogP contribution in [-0.2, 0) is 0 Å². The van der Waals surface area contributed by atoms with Gasteiger partial charge in [0.2, 0.25) is 5.88 Å². The molecule has 0 aliphatic carbocycles. The van der Waals surface area contributed by atoms with Crippen molar-refractivity contribution in [2.75, 3.05) is 11.9 Å². The summed E-state index contributed by atoms with van der Waals surface area (Å²) >= 11 is 0. The molecule has 5 heteroatoms. The Bertz CT molecular complexity index is 996. The molecule has 1 heterocycles.